The van der Waals surface area contributed by atoms with Gasteiger partial charge in [0.1, 0.15) is 9.75 Å². The van der Waals surface area contributed by atoms with Gasteiger partial charge in [0.25, 0.3) is 5.91 Å². The van der Waals surface area contributed by atoms with Crippen molar-refractivity contribution in [2.75, 3.05) is 7.05 Å². The maximum atomic E-state index is 12.3. The minimum absolute atomic E-state index is 0.237. The Kier molecular flexibility index (Phi) is 4.87. The number of hydrogen-bond donors (Lipinski definition) is 2. The highest BCUT2D eigenvalue weighted by Crippen LogP contribution is 2.64. The molecule has 6 nitrogen and oxygen atoms in total. The van der Waals surface area contributed by atoms with E-state index in [0.717, 1.165) is 0 Å². The number of carbonyl (C=O) groups is 3. The average molecular weight is 359 g/mol. The first-order valence-corrected chi connectivity index (χ1v) is 7.63. The minimum atomic E-state index is -1.28. The molecule has 3 amide bonds. The number of rotatable bonds is 4. The summed E-state index contributed by atoms with van der Waals surface area (Å²) in [5, 5.41) is 4.35. The monoisotopic (exact) mass is 358 g/mol. The van der Waals surface area contributed by atoms with Crippen molar-refractivity contribution in [3.8, 4) is 0 Å². The van der Waals surface area contributed by atoms with E-state index in [1.165, 1.54) is 7.05 Å². The topological polar surface area (TPSA) is 84.5 Å². The first kappa shape index (κ1) is 17.6. The number of imide groups is 1. The van der Waals surface area contributed by atoms with Gasteiger partial charge in [0.05, 0.1) is 0 Å². The highest BCUT2D eigenvalue weighted by Gasteiger charge is 2.69. The number of hydrogen-bond acceptors (Lipinski definition) is 4. The number of alkyl halides is 2. The molecule has 0 unspecified atom stereocenters. The molecule has 1 fully saturated rings. The van der Waals surface area contributed by atoms with Crippen LogP contribution in [0.2, 0.25) is 0 Å². The molecule has 23 heavy (non-hydrogen) atoms. The van der Waals surface area contributed by atoms with Crippen molar-refractivity contribution in [3.63, 3.8) is 0 Å². The van der Waals surface area contributed by atoms with E-state index in [1.807, 2.05) is 0 Å². The number of nitrogens with one attached hydrogen (secondary N) is 2. The summed E-state index contributed by atoms with van der Waals surface area (Å²) in [6, 6.07) is 7.67. The zero-order valence-electron chi connectivity index (χ0n) is 12.6. The van der Waals surface area contributed by atoms with Crippen LogP contribution in [-0.2, 0) is 14.3 Å². The van der Waals surface area contributed by atoms with Gasteiger partial charge in [-0.3, -0.25) is 14.9 Å². The van der Waals surface area contributed by atoms with Gasteiger partial charge < -0.3 is 10.1 Å². The second kappa shape index (κ2) is 6.37. The molecule has 1 saturated carbocycles. The van der Waals surface area contributed by atoms with Crippen molar-refractivity contribution < 1.29 is 19.1 Å². The van der Waals surface area contributed by atoms with E-state index in [-0.39, 0.29) is 6.42 Å². The molecule has 8 heteroatoms. The lowest BCUT2D eigenvalue weighted by atomic mass is 10.1. The lowest BCUT2D eigenvalue weighted by Gasteiger charge is -2.20. The Morgan fingerprint density at radius 3 is 2.26 bits per heavy atom. The van der Waals surface area contributed by atoms with E-state index < -0.39 is 33.8 Å². The molecule has 2 rings (SSSR count). The van der Waals surface area contributed by atoms with Crippen LogP contribution in [0.15, 0.2) is 30.3 Å². The lowest BCUT2D eigenvalue weighted by molar-refractivity contribution is -0.161. The number of urea groups is 1. The fraction of sp³-hybridized carbons (Fsp3) is 0.400. The molecule has 1 aromatic rings. The Bertz CT molecular complexity index is 636. The predicted molar refractivity (Wildman–Crippen MR) is 85.0 cm³/mol. The molecule has 2 N–H and O–H groups in total. The molecule has 0 heterocycles. The molecule has 0 aromatic heterocycles. The Labute approximate surface area is 143 Å². The van der Waals surface area contributed by atoms with Crippen molar-refractivity contribution >= 4 is 41.1 Å². The molecule has 1 aliphatic rings. The molecule has 0 aliphatic heterocycles. The molecule has 1 aromatic carbocycles. The molecule has 124 valence electrons. The van der Waals surface area contributed by atoms with Gasteiger partial charge in [0.15, 0.2) is 0 Å². The third kappa shape index (κ3) is 3.59. The Morgan fingerprint density at radius 1 is 1.22 bits per heavy atom. The normalized spacial score (nSPS) is 22.6. The van der Waals surface area contributed by atoms with Crippen LogP contribution < -0.4 is 10.6 Å². The fourth-order valence-corrected chi connectivity index (χ4v) is 2.69. The molecule has 0 bridgehead atoms. The first-order valence-electron chi connectivity index (χ1n) is 6.88. The number of amides is 3. The zero-order chi connectivity index (χ0) is 17.3. The van der Waals surface area contributed by atoms with Crippen molar-refractivity contribution in [1.29, 1.82) is 0 Å². The molecular weight excluding hydrogens is 343 g/mol. The summed E-state index contributed by atoms with van der Waals surface area (Å²) in [5.74, 6) is -1.45. The van der Waals surface area contributed by atoms with Crippen LogP contribution in [0.25, 0.3) is 0 Å². The minimum Gasteiger partial charge on any atom is -0.447 e. The van der Waals surface area contributed by atoms with Crippen LogP contribution in [0.3, 0.4) is 0 Å². The number of ether oxygens (including phenoxy) is 1. The van der Waals surface area contributed by atoms with Gasteiger partial charge in [-0.25, -0.2) is 4.79 Å². The van der Waals surface area contributed by atoms with Crippen molar-refractivity contribution in [3.05, 3.63) is 35.9 Å². The summed E-state index contributed by atoms with van der Waals surface area (Å²) >= 11 is 11.9. The third-order valence-electron chi connectivity index (χ3n) is 3.74. The van der Waals surface area contributed by atoms with E-state index in [2.05, 4.69) is 10.6 Å². The van der Waals surface area contributed by atoms with Crippen LogP contribution >= 0.6 is 23.2 Å². The molecule has 0 saturated heterocycles. The van der Waals surface area contributed by atoms with Gasteiger partial charge in [-0.1, -0.05) is 30.3 Å². The summed E-state index contributed by atoms with van der Waals surface area (Å²) in [6.07, 6.45) is -1.04. The SMILES string of the molecule is CNC(=O)NC(=O)[C@H](OC(=O)[C@@]1(C)CC1(Cl)Cl)c1ccccc1. The van der Waals surface area contributed by atoms with Crippen LogP contribution in [0.5, 0.6) is 0 Å². The Balaban J connectivity index is 2.19. The van der Waals surface area contributed by atoms with Crippen LogP contribution in [0, 0.1) is 5.41 Å². The second-order valence-corrected chi connectivity index (χ2v) is 6.96. The summed E-state index contributed by atoms with van der Waals surface area (Å²) in [5.41, 5.74) is -0.641. The maximum absolute atomic E-state index is 12.3. The van der Waals surface area contributed by atoms with Gasteiger partial charge in [0, 0.05) is 19.0 Å². The summed E-state index contributed by atoms with van der Waals surface area (Å²) in [7, 11) is 1.37. The van der Waals surface area contributed by atoms with Crippen LogP contribution in [0.1, 0.15) is 25.0 Å². The maximum Gasteiger partial charge on any atom is 0.321 e. The molecule has 1 aliphatic carbocycles. The Hall–Kier alpha value is -1.79. The number of carbonyl (C=O) groups excluding carboxylic acids is 3. The number of esters is 1. The predicted octanol–water partition coefficient (Wildman–Crippen LogP) is 2.31. The zero-order valence-corrected chi connectivity index (χ0v) is 14.1. The first-order chi connectivity index (χ1) is 10.7. The van der Waals surface area contributed by atoms with E-state index in [1.54, 1.807) is 37.3 Å². The number of benzene rings is 1. The fourth-order valence-electron chi connectivity index (χ4n) is 2.00. The highest BCUT2D eigenvalue weighted by molar-refractivity contribution is 6.53. The van der Waals surface area contributed by atoms with Gasteiger partial charge in [-0.05, 0) is 6.92 Å². The van der Waals surface area contributed by atoms with Gasteiger partial charge >= 0.3 is 12.0 Å². The van der Waals surface area contributed by atoms with E-state index in [4.69, 9.17) is 27.9 Å². The summed E-state index contributed by atoms with van der Waals surface area (Å²) in [4.78, 5) is 35.9. The standard InChI is InChI=1S/C15H16Cl2N2O4/c1-14(8-15(14,16)17)12(21)23-10(9-6-4-3-5-7-9)11(20)19-13(22)18-2/h3-7,10H,8H2,1-2H3,(H2,18,19,20,22)/t10-,14-/m1/s1. The van der Waals surface area contributed by atoms with Crippen LogP contribution in [-0.4, -0.2) is 29.3 Å². The van der Waals surface area contributed by atoms with Gasteiger partial charge in [0.2, 0.25) is 6.10 Å². The van der Waals surface area contributed by atoms with Crippen molar-refractivity contribution in [2.24, 2.45) is 5.41 Å². The van der Waals surface area contributed by atoms with E-state index in [9.17, 15) is 14.4 Å². The van der Waals surface area contributed by atoms with Gasteiger partial charge in [-0.15, -0.1) is 23.2 Å². The molecular formula is C15H16Cl2N2O4. The highest BCUT2D eigenvalue weighted by atomic mass is 35.5. The smallest absolute Gasteiger partial charge is 0.321 e. The Morgan fingerprint density at radius 2 is 1.78 bits per heavy atom. The third-order valence-corrected chi connectivity index (χ3v) is 4.84. The van der Waals surface area contributed by atoms with Crippen molar-refractivity contribution in [1.82, 2.24) is 10.6 Å². The lowest BCUT2D eigenvalue weighted by Crippen LogP contribution is -2.41. The van der Waals surface area contributed by atoms with E-state index in [0.29, 0.717) is 5.56 Å². The molecule has 0 radical (unpaired) electrons. The van der Waals surface area contributed by atoms with Crippen LogP contribution in [0.4, 0.5) is 4.79 Å². The average Bonchev–Trinajstić information content (AvgIpc) is 3.04. The second-order valence-electron chi connectivity index (χ2n) is 5.48. The molecule has 2 atom stereocenters. The summed E-state index contributed by atoms with van der Waals surface area (Å²) < 4.78 is 4.10. The largest absolute Gasteiger partial charge is 0.447 e. The van der Waals surface area contributed by atoms with Gasteiger partial charge in [-0.2, -0.15) is 0 Å². The molecule has 0 spiro atoms. The quantitative estimate of drug-likeness (QED) is 0.638. The summed E-state index contributed by atoms with van der Waals surface area (Å²) in [6.45, 7) is 1.56. The van der Waals surface area contributed by atoms with Crippen molar-refractivity contribution in [2.45, 2.75) is 23.8 Å². The number of halogens is 2. The van der Waals surface area contributed by atoms with E-state index >= 15 is 0 Å².